The zero-order valence-corrected chi connectivity index (χ0v) is 16.6. The van der Waals surface area contributed by atoms with E-state index in [2.05, 4.69) is 10.3 Å². The number of rotatable bonds is 6. The molecule has 1 aliphatic rings. The summed E-state index contributed by atoms with van der Waals surface area (Å²) in [5, 5.41) is 3.53. The standard InChI is InChI=1S/C20H21N3O4S/c1-26-14-7-6-12(8-15(14)27-2)9-21-17(24)10-23-11-22-19-18(20(23)25)13-4-3-5-16(13)28-19/h6-8,11H,3-5,9-10H2,1-2H3,(H,21,24). The van der Waals surface area contributed by atoms with Crippen molar-refractivity contribution in [2.45, 2.75) is 32.4 Å². The molecule has 0 fully saturated rings. The van der Waals surface area contributed by atoms with Crippen LogP contribution in [0.25, 0.3) is 10.2 Å². The normalized spacial score (nSPS) is 12.8. The van der Waals surface area contributed by atoms with Crippen molar-refractivity contribution in [3.8, 4) is 11.5 Å². The molecule has 0 unspecified atom stereocenters. The highest BCUT2D eigenvalue weighted by molar-refractivity contribution is 7.18. The summed E-state index contributed by atoms with van der Waals surface area (Å²) in [5.74, 6) is 0.989. The fourth-order valence-electron chi connectivity index (χ4n) is 3.53. The molecule has 2 aromatic heterocycles. The van der Waals surface area contributed by atoms with Crippen molar-refractivity contribution >= 4 is 27.5 Å². The van der Waals surface area contributed by atoms with Crippen molar-refractivity contribution in [3.63, 3.8) is 0 Å². The molecule has 1 amide bonds. The predicted octanol–water partition coefficient (Wildman–Crippen LogP) is 2.28. The highest BCUT2D eigenvalue weighted by atomic mass is 32.1. The number of hydrogen-bond acceptors (Lipinski definition) is 6. The number of aryl methyl sites for hydroxylation is 2. The van der Waals surface area contributed by atoms with Gasteiger partial charge in [-0.05, 0) is 42.5 Å². The van der Waals surface area contributed by atoms with E-state index in [1.807, 2.05) is 12.1 Å². The molecule has 0 atom stereocenters. The summed E-state index contributed by atoms with van der Waals surface area (Å²) in [4.78, 5) is 31.6. The number of amides is 1. The van der Waals surface area contributed by atoms with Gasteiger partial charge >= 0.3 is 0 Å². The van der Waals surface area contributed by atoms with Gasteiger partial charge in [0, 0.05) is 11.4 Å². The third kappa shape index (κ3) is 3.35. The molecular formula is C20H21N3O4S. The molecule has 3 aromatic rings. The molecule has 0 bridgehead atoms. The molecule has 4 rings (SSSR count). The molecular weight excluding hydrogens is 378 g/mol. The lowest BCUT2D eigenvalue weighted by molar-refractivity contribution is -0.121. The number of fused-ring (bicyclic) bond motifs is 3. The van der Waals surface area contributed by atoms with E-state index < -0.39 is 0 Å². The molecule has 7 nitrogen and oxygen atoms in total. The van der Waals surface area contributed by atoms with E-state index >= 15 is 0 Å². The highest BCUT2D eigenvalue weighted by Gasteiger charge is 2.21. The molecule has 1 aliphatic carbocycles. The van der Waals surface area contributed by atoms with E-state index in [0.717, 1.165) is 35.2 Å². The lowest BCUT2D eigenvalue weighted by atomic mass is 10.2. The van der Waals surface area contributed by atoms with Gasteiger partial charge in [0.25, 0.3) is 5.56 Å². The first-order chi connectivity index (χ1) is 13.6. The Labute approximate surface area is 165 Å². The summed E-state index contributed by atoms with van der Waals surface area (Å²) in [5.41, 5.74) is 1.87. The van der Waals surface area contributed by atoms with Gasteiger partial charge in [-0.3, -0.25) is 14.2 Å². The lowest BCUT2D eigenvalue weighted by Gasteiger charge is -2.11. The molecule has 0 aliphatic heterocycles. The summed E-state index contributed by atoms with van der Waals surface area (Å²) < 4.78 is 11.9. The van der Waals surface area contributed by atoms with Gasteiger partial charge in [-0.15, -0.1) is 11.3 Å². The average Bonchev–Trinajstić information content (AvgIpc) is 3.29. The Morgan fingerprint density at radius 3 is 2.86 bits per heavy atom. The number of carbonyl (C=O) groups excluding carboxylic acids is 1. The molecule has 2 heterocycles. The van der Waals surface area contributed by atoms with Crippen molar-refractivity contribution in [1.29, 1.82) is 0 Å². The Bertz CT molecular complexity index is 1100. The van der Waals surface area contributed by atoms with Crippen molar-refractivity contribution < 1.29 is 14.3 Å². The van der Waals surface area contributed by atoms with Crippen LogP contribution >= 0.6 is 11.3 Å². The van der Waals surface area contributed by atoms with Gasteiger partial charge in [-0.25, -0.2) is 4.98 Å². The minimum absolute atomic E-state index is 0.0559. The number of methoxy groups -OCH3 is 2. The van der Waals surface area contributed by atoms with Gasteiger partial charge in [0.2, 0.25) is 5.91 Å². The minimum Gasteiger partial charge on any atom is -0.493 e. The summed E-state index contributed by atoms with van der Waals surface area (Å²) in [6, 6.07) is 5.46. The Morgan fingerprint density at radius 2 is 2.07 bits per heavy atom. The largest absolute Gasteiger partial charge is 0.493 e. The quantitative estimate of drug-likeness (QED) is 0.688. The monoisotopic (exact) mass is 399 g/mol. The zero-order valence-electron chi connectivity index (χ0n) is 15.8. The maximum atomic E-state index is 12.8. The van der Waals surface area contributed by atoms with Crippen molar-refractivity contribution in [3.05, 3.63) is 50.9 Å². The van der Waals surface area contributed by atoms with Crippen molar-refractivity contribution in [2.75, 3.05) is 14.2 Å². The van der Waals surface area contributed by atoms with Crippen LogP contribution in [0, 0.1) is 0 Å². The van der Waals surface area contributed by atoms with E-state index in [0.29, 0.717) is 23.4 Å². The second kappa shape index (κ2) is 7.63. The van der Waals surface area contributed by atoms with Gasteiger partial charge in [0.1, 0.15) is 11.4 Å². The van der Waals surface area contributed by atoms with Crippen LogP contribution in [0.4, 0.5) is 0 Å². The fourth-order valence-corrected chi connectivity index (χ4v) is 4.75. The van der Waals surface area contributed by atoms with E-state index in [-0.39, 0.29) is 18.0 Å². The van der Waals surface area contributed by atoms with Crippen LogP contribution in [0.2, 0.25) is 0 Å². The lowest BCUT2D eigenvalue weighted by Crippen LogP contribution is -2.32. The van der Waals surface area contributed by atoms with Crippen LogP contribution < -0.4 is 20.3 Å². The number of carbonyl (C=O) groups is 1. The van der Waals surface area contributed by atoms with E-state index in [1.165, 1.54) is 15.8 Å². The third-order valence-corrected chi connectivity index (χ3v) is 6.14. The van der Waals surface area contributed by atoms with Crippen LogP contribution in [-0.4, -0.2) is 29.7 Å². The van der Waals surface area contributed by atoms with Gasteiger partial charge < -0.3 is 14.8 Å². The van der Waals surface area contributed by atoms with Gasteiger partial charge in [-0.1, -0.05) is 6.07 Å². The summed E-state index contributed by atoms with van der Waals surface area (Å²) in [6.07, 6.45) is 4.48. The maximum Gasteiger partial charge on any atom is 0.262 e. The zero-order chi connectivity index (χ0) is 19.7. The second-order valence-corrected chi connectivity index (χ2v) is 7.76. The van der Waals surface area contributed by atoms with E-state index in [1.54, 1.807) is 31.6 Å². The first kappa shape index (κ1) is 18.5. The maximum absolute atomic E-state index is 12.8. The molecule has 1 N–H and O–H groups in total. The number of nitrogens with zero attached hydrogens (tertiary/aromatic N) is 2. The predicted molar refractivity (Wildman–Crippen MR) is 107 cm³/mol. The summed E-state index contributed by atoms with van der Waals surface area (Å²) in [7, 11) is 3.14. The molecule has 28 heavy (non-hydrogen) atoms. The smallest absolute Gasteiger partial charge is 0.262 e. The van der Waals surface area contributed by atoms with Gasteiger partial charge in [0.05, 0.1) is 25.9 Å². The van der Waals surface area contributed by atoms with Crippen LogP contribution in [0.5, 0.6) is 11.5 Å². The van der Waals surface area contributed by atoms with Crippen LogP contribution in [0.3, 0.4) is 0 Å². The van der Waals surface area contributed by atoms with E-state index in [9.17, 15) is 9.59 Å². The van der Waals surface area contributed by atoms with Crippen LogP contribution in [-0.2, 0) is 30.7 Å². The summed E-state index contributed by atoms with van der Waals surface area (Å²) >= 11 is 1.60. The first-order valence-electron chi connectivity index (χ1n) is 9.08. The van der Waals surface area contributed by atoms with Gasteiger partial charge in [0.15, 0.2) is 11.5 Å². The Hall–Kier alpha value is -2.87. The van der Waals surface area contributed by atoms with Gasteiger partial charge in [-0.2, -0.15) is 0 Å². The highest BCUT2D eigenvalue weighted by Crippen LogP contribution is 2.34. The second-order valence-electron chi connectivity index (χ2n) is 6.68. The van der Waals surface area contributed by atoms with Crippen molar-refractivity contribution in [2.24, 2.45) is 0 Å². The first-order valence-corrected chi connectivity index (χ1v) is 9.89. The minimum atomic E-state index is -0.245. The summed E-state index contributed by atoms with van der Waals surface area (Å²) in [6.45, 7) is 0.275. The topological polar surface area (TPSA) is 82.5 Å². The molecule has 8 heteroatoms. The molecule has 0 saturated heterocycles. The number of thiophene rings is 1. The number of ether oxygens (including phenoxy) is 2. The fraction of sp³-hybridized carbons (Fsp3) is 0.350. The molecule has 0 radical (unpaired) electrons. The number of nitrogens with one attached hydrogen (secondary N) is 1. The van der Waals surface area contributed by atoms with Crippen molar-refractivity contribution in [1.82, 2.24) is 14.9 Å². The molecule has 0 spiro atoms. The Morgan fingerprint density at radius 1 is 1.25 bits per heavy atom. The Kier molecular flexibility index (Phi) is 5.04. The Balaban J connectivity index is 1.47. The van der Waals surface area contributed by atoms with E-state index in [4.69, 9.17) is 9.47 Å². The number of hydrogen-bond donors (Lipinski definition) is 1. The molecule has 0 saturated carbocycles. The number of benzene rings is 1. The molecule has 146 valence electrons. The SMILES string of the molecule is COc1ccc(CNC(=O)Cn2cnc3sc4c(c3c2=O)CCC4)cc1OC. The third-order valence-electron chi connectivity index (χ3n) is 4.94. The van der Waals surface area contributed by atoms with Crippen LogP contribution in [0.15, 0.2) is 29.3 Å². The molecule has 1 aromatic carbocycles. The average molecular weight is 399 g/mol. The number of aromatic nitrogens is 2. The van der Waals surface area contributed by atoms with Crippen LogP contribution in [0.1, 0.15) is 22.4 Å².